The highest BCUT2D eigenvalue weighted by Crippen LogP contribution is 2.45. The molecule has 1 saturated heterocycles. The van der Waals surface area contributed by atoms with Gasteiger partial charge in [0.1, 0.15) is 12.1 Å². The van der Waals surface area contributed by atoms with Crippen LogP contribution in [0, 0.1) is 5.92 Å². The number of carbonyl (C=O) groups excluding carboxylic acids is 1. The molecule has 1 amide bonds. The number of hydrogen-bond acceptors (Lipinski definition) is 6. The number of amides is 1. The Labute approximate surface area is 207 Å². The minimum absolute atomic E-state index is 0.0592. The molecule has 0 aliphatic carbocycles. The molecule has 4 heterocycles. The number of carbonyl (C=O) groups is 1. The van der Waals surface area contributed by atoms with Crippen molar-refractivity contribution >= 4 is 34.7 Å². The number of aromatic amines is 1. The molecule has 9 heteroatoms. The van der Waals surface area contributed by atoms with Gasteiger partial charge in [0.25, 0.3) is 0 Å². The van der Waals surface area contributed by atoms with Gasteiger partial charge in [0.15, 0.2) is 5.82 Å². The first-order chi connectivity index (χ1) is 16.5. The molecule has 174 valence electrons. The quantitative estimate of drug-likeness (QED) is 0.364. The summed E-state index contributed by atoms with van der Waals surface area (Å²) in [4.78, 5) is 23.6. The van der Waals surface area contributed by atoms with Gasteiger partial charge in [-0.25, -0.2) is 4.98 Å². The summed E-state index contributed by atoms with van der Waals surface area (Å²) in [7, 11) is 0. The van der Waals surface area contributed by atoms with Crippen LogP contribution in [-0.4, -0.2) is 44.1 Å². The van der Waals surface area contributed by atoms with Crippen molar-refractivity contribution in [1.29, 1.82) is 0 Å². The topological polar surface area (TPSA) is 86.8 Å². The van der Waals surface area contributed by atoms with Crippen LogP contribution in [0.5, 0.6) is 0 Å². The summed E-state index contributed by atoms with van der Waals surface area (Å²) in [5, 5.41) is 11.9. The molecule has 34 heavy (non-hydrogen) atoms. The summed E-state index contributed by atoms with van der Waals surface area (Å²) >= 11 is 7.88. The molecule has 0 spiro atoms. The molecule has 4 aromatic rings. The summed E-state index contributed by atoms with van der Waals surface area (Å²) in [5.74, 6) is 1.77. The van der Waals surface area contributed by atoms with Gasteiger partial charge in [0, 0.05) is 29.6 Å². The fourth-order valence-electron chi connectivity index (χ4n) is 4.52. The van der Waals surface area contributed by atoms with Gasteiger partial charge in [-0.05, 0) is 65.9 Å². The van der Waals surface area contributed by atoms with Gasteiger partial charge in [-0.2, -0.15) is 0 Å². The van der Waals surface area contributed by atoms with Crippen molar-refractivity contribution in [2.75, 3.05) is 18.4 Å². The first kappa shape index (κ1) is 22.7. The third-order valence-corrected chi connectivity index (χ3v) is 7.50. The number of hydrogen-bond donors (Lipinski definition) is 2. The van der Waals surface area contributed by atoms with E-state index in [4.69, 9.17) is 11.6 Å². The number of aromatic nitrogens is 4. The molecule has 0 radical (unpaired) electrons. The maximum atomic E-state index is 11.5. The second-order valence-electron chi connectivity index (χ2n) is 8.69. The van der Waals surface area contributed by atoms with Gasteiger partial charge in [-0.1, -0.05) is 30.7 Å². The molecule has 2 N–H and O–H groups in total. The normalized spacial score (nSPS) is 17.1. The van der Waals surface area contributed by atoms with Crippen molar-refractivity contribution in [2.24, 2.45) is 5.92 Å². The van der Waals surface area contributed by atoms with Crippen molar-refractivity contribution in [3.63, 3.8) is 0 Å². The van der Waals surface area contributed by atoms with E-state index in [1.165, 1.54) is 24.5 Å². The Morgan fingerprint density at radius 3 is 2.76 bits per heavy atom. The molecule has 0 saturated carbocycles. The van der Waals surface area contributed by atoms with Crippen LogP contribution in [0.1, 0.15) is 37.4 Å². The number of benzene rings is 1. The van der Waals surface area contributed by atoms with Crippen LogP contribution in [0.4, 0.5) is 5.82 Å². The van der Waals surface area contributed by atoms with Crippen molar-refractivity contribution in [3.05, 3.63) is 71.1 Å². The lowest BCUT2D eigenvalue weighted by Crippen LogP contribution is -2.27. The molecule has 2 atom stereocenters. The van der Waals surface area contributed by atoms with Gasteiger partial charge in [0.05, 0.1) is 10.9 Å². The molecule has 1 unspecified atom stereocenters. The van der Waals surface area contributed by atoms with Gasteiger partial charge in [-0.3, -0.25) is 9.69 Å². The molecule has 1 aliphatic rings. The first-order valence-corrected chi connectivity index (χ1v) is 12.4. The van der Waals surface area contributed by atoms with Gasteiger partial charge in [-0.15, -0.1) is 21.5 Å². The van der Waals surface area contributed by atoms with Gasteiger partial charge in [0.2, 0.25) is 5.91 Å². The highest BCUT2D eigenvalue weighted by Gasteiger charge is 2.32. The number of likely N-dealkylation sites (tertiary alicyclic amines) is 1. The Kier molecular flexibility index (Phi) is 6.45. The van der Waals surface area contributed by atoms with Crippen molar-refractivity contribution in [1.82, 2.24) is 25.1 Å². The average Bonchev–Trinajstić information content (AvgIpc) is 3.56. The number of nitrogens with one attached hydrogen (secondary N) is 2. The van der Waals surface area contributed by atoms with Crippen molar-refractivity contribution in [3.8, 4) is 21.1 Å². The largest absolute Gasteiger partial charge is 0.327 e. The Bertz CT molecular complexity index is 1290. The van der Waals surface area contributed by atoms with Crippen LogP contribution < -0.4 is 5.32 Å². The maximum Gasteiger partial charge on any atom is 0.222 e. The van der Waals surface area contributed by atoms with Gasteiger partial charge < -0.3 is 10.3 Å². The Balaban J connectivity index is 1.64. The minimum Gasteiger partial charge on any atom is -0.327 e. The molecular weight excluding hydrogens is 468 g/mol. The van der Waals surface area contributed by atoms with Crippen LogP contribution in [0.15, 0.2) is 55.0 Å². The van der Waals surface area contributed by atoms with Crippen LogP contribution in [0.3, 0.4) is 0 Å². The average molecular weight is 493 g/mol. The lowest BCUT2D eigenvalue weighted by atomic mass is 9.96. The van der Waals surface area contributed by atoms with E-state index in [1.807, 2.05) is 24.3 Å². The van der Waals surface area contributed by atoms with Crippen LogP contribution in [0.2, 0.25) is 5.02 Å². The van der Waals surface area contributed by atoms with E-state index >= 15 is 0 Å². The number of rotatable bonds is 6. The lowest BCUT2D eigenvalue weighted by molar-refractivity contribution is -0.114. The predicted octanol–water partition coefficient (Wildman–Crippen LogP) is 5.64. The second kappa shape index (κ2) is 9.66. The smallest absolute Gasteiger partial charge is 0.222 e. The summed E-state index contributed by atoms with van der Waals surface area (Å²) in [6, 6.07) is 14.3. The molecular formula is C25H25ClN6OS. The van der Waals surface area contributed by atoms with E-state index in [0.29, 0.717) is 11.7 Å². The standard InChI is InChI=1S/C25H25ClN6OS/c1-15-8-10-32(13-15)23(17-3-5-19(26)6-4-17)20-12-21(34-24(20)25-28-14-29-31-25)18-7-9-27-22(11-18)30-16(2)33/h3-7,9,11-12,14-15,23H,8,10,13H2,1-2H3,(H,27,30,33)(H,28,29,31)/t15-,23?/m0/s1. The van der Waals surface area contributed by atoms with Crippen LogP contribution in [0.25, 0.3) is 21.1 Å². The number of anilines is 1. The number of pyridine rings is 1. The molecule has 0 bridgehead atoms. The molecule has 1 fully saturated rings. The number of H-pyrrole nitrogens is 1. The SMILES string of the molecule is CC(=O)Nc1cc(-c2cc(C(c3ccc(Cl)cc3)N3CC[C@H](C)C3)c(-c3nnc[nH]3)s2)ccn1. The molecule has 1 aliphatic heterocycles. The van der Waals surface area contributed by atoms with E-state index in [9.17, 15) is 4.79 Å². The fourth-order valence-corrected chi connectivity index (χ4v) is 5.78. The lowest BCUT2D eigenvalue weighted by Gasteiger charge is -2.29. The van der Waals surface area contributed by atoms with Crippen molar-refractivity contribution in [2.45, 2.75) is 26.3 Å². The van der Waals surface area contributed by atoms with Crippen LogP contribution >= 0.6 is 22.9 Å². The second-order valence-corrected chi connectivity index (χ2v) is 10.2. The Hall–Kier alpha value is -3.07. The summed E-state index contributed by atoms with van der Waals surface area (Å²) in [6.45, 7) is 5.83. The zero-order chi connectivity index (χ0) is 23.7. The molecule has 3 aromatic heterocycles. The van der Waals surface area contributed by atoms with Crippen LogP contribution in [-0.2, 0) is 4.79 Å². The highest BCUT2D eigenvalue weighted by molar-refractivity contribution is 7.19. The summed E-state index contributed by atoms with van der Waals surface area (Å²) in [5.41, 5.74) is 3.35. The third kappa shape index (κ3) is 4.75. The molecule has 5 rings (SSSR count). The fraction of sp³-hybridized carbons (Fsp3) is 0.280. The number of nitrogens with zero attached hydrogens (tertiary/aromatic N) is 4. The van der Waals surface area contributed by atoms with Crippen molar-refractivity contribution < 1.29 is 4.79 Å². The predicted molar refractivity (Wildman–Crippen MR) is 136 cm³/mol. The summed E-state index contributed by atoms with van der Waals surface area (Å²) in [6.07, 6.45) is 4.49. The van der Waals surface area contributed by atoms with Gasteiger partial charge >= 0.3 is 0 Å². The highest BCUT2D eigenvalue weighted by atomic mass is 35.5. The van der Waals surface area contributed by atoms with E-state index in [-0.39, 0.29) is 11.9 Å². The molecule has 7 nitrogen and oxygen atoms in total. The first-order valence-electron chi connectivity index (χ1n) is 11.2. The van der Waals surface area contributed by atoms with E-state index in [0.717, 1.165) is 39.3 Å². The zero-order valence-corrected chi connectivity index (χ0v) is 20.5. The van der Waals surface area contributed by atoms with E-state index in [1.54, 1.807) is 23.9 Å². The number of thiophene rings is 1. The third-order valence-electron chi connectivity index (χ3n) is 6.04. The minimum atomic E-state index is -0.148. The Morgan fingerprint density at radius 2 is 2.09 bits per heavy atom. The maximum absolute atomic E-state index is 11.5. The monoisotopic (exact) mass is 492 g/mol. The van der Waals surface area contributed by atoms with E-state index < -0.39 is 0 Å². The Morgan fingerprint density at radius 1 is 1.26 bits per heavy atom. The molecule has 1 aromatic carbocycles. The number of halogens is 1. The van der Waals surface area contributed by atoms with E-state index in [2.05, 4.69) is 55.5 Å². The summed E-state index contributed by atoms with van der Waals surface area (Å²) < 4.78 is 0. The zero-order valence-electron chi connectivity index (χ0n) is 19.0.